The molecule has 1 aliphatic heterocycles. The molecule has 1 fully saturated rings. The van der Waals surface area contributed by atoms with Crippen LogP contribution in [0.15, 0.2) is 47.1 Å². The van der Waals surface area contributed by atoms with Gasteiger partial charge < -0.3 is 4.90 Å². The lowest BCUT2D eigenvalue weighted by Gasteiger charge is -2.35. The van der Waals surface area contributed by atoms with E-state index in [9.17, 15) is 4.39 Å². The van der Waals surface area contributed by atoms with Crippen molar-refractivity contribution in [3.8, 4) is 0 Å². The van der Waals surface area contributed by atoms with Gasteiger partial charge in [-0.25, -0.2) is 9.37 Å². The van der Waals surface area contributed by atoms with Crippen molar-refractivity contribution in [2.45, 2.75) is 6.54 Å². The highest BCUT2D eigenvalue weighted by molar-refractivity contribution is 9.10. The van der Waals surface area contributed by atoms with E-state index in [4.69, 9.17) is 0 Å². The van der Waals surface area contributed by atoms with Crippen molar-refractivity contribution in [2.75, 3.05) is 31.1 Å². The molecule has 1 aromatic heterocycles. The molecule has 0 radical (unpaired) electrons. The summed E-state index contributed by atoms with van der Waals surface area (Å²) in [7, 11) is 0. The summed E-state index contributed by atoms with van der Waals surface area (Å²) in [6.45, 7) is 4.75. The van der Waals surface area contributed by atoms with E-state index in [-0.39, 0.29) is 5.82 Å². The van der Waals surface area contributed by atoms with Gasteiger partial charge in [0.05, 0.1) is 0 Å². The number of nitrogens with zero attached hydrogens (tertiary/aromatic N) is 3. The molecule has 21 heavy (non-hydrogen) atoms. The lowest BCUT2D eigenvalue weighted by molar-refractivity contribution is 0.249. The van der Waals surface area contributed by atoms with Crippen LogP contribution >= 0.6 is 15.9 Å². The van der Waals surface area contributed by atoms with Crippen LogP contribution in [0.3, 0.4) is 0 Å². The first-order valence-corrected chi connectivity index (χ1v) is 7.84. The van der Waals surface area contributed by atoms with Crippen LogP contribution in [0, 0.1) is 5.82 Å². The SMILES string of the molecule is Fc1ccc(CN2CCN(c3ccccn3)CC2)c(Br)c1. The summed E-state index contributed by atoms with van der Waals surface area (Å²) in [5.74, 6) is 0.839. The predicted molar refractivity (Wildman–Crippen MR) is 85.8 cm³/mol. The second-order valence-corrected chi connectivity index (χ2v) is 6.04. The summed E-state index contributed by atoms with van der Waals surface area (Å²) in [6, 6.07) is 10.9. The summed E-state index contributed by atoms with van der Waals surface area (Å²) in [4.78, 5) is 9.08. The molecule has 3 rings (SSSR count). The number of hydrogen-bond acceptors (Lipinski definition) is 3. The maximum absolute atomic E-state index is 13.1. The zero-order chi connectivity index (χ0) is 14.7. The molecule has 3 nitrogen and oxygen atoms in total. The lowest BCUT2D eigenvalue weighted by atomic mass is 10.2. The van der Waals surface area contributed by atoms with Crippen LogP contribution in [-0.2, 0) is 6.54 Å². The van der Waals surface area contributed by atoms with Crippen molar-refractivity contribution in [1.82, 2.24) is 9.88 Å². The van der Waals surface area contributed by atoms with Crippen LogP contribution in [0.4, 0.5) is 10.2 Å². The van der Waals surface area contributed by atoms with E-state index in [0.29, 0.717) is 0 Å². The second-order valence-electron chi connectivity index (χ2n) is 5.19. The number of halogens is 2. The van der Waals surface area contributed by atoms with E-state index < -0.39 is 0 Å². The molecule has 110 valence electrons. The number of benzene rings is 1. The molecule has 2 heterocycles. The summed E-state index contributed by atoms with van der Waals surface area (Å²) < 4.78 is 14.0. The third-order valence-electron chi connectivity index (χ3n) is 3.75. The average molecular weight is 350 g/mol. The summed E-state index contributed by atoms with van der Waals surface area (Å²) in [5, 5.41) is 0. The zero-order valence-corrected chi connectivity index (χ0v) is 13.3. The van der Waals surface area contributed by atoms with Crippen LogP contribution in [0.5, 0.6) is 0 Å². The van der Waals surface area contributed by atoms with Crippen LogP contribution in [-0.4, -0.2) is 36.1 Å². The minimum absolute atomic E-state index is 0.203. The van der Waals surface area contributed by atoms with E-state index in [2.05, 4.69) is 30.7 Å². The second kappa shape index (κ2) is 6.54. The van der Waals surface area contributed by atoms with Crippen LogP contribution in [0.1, 0.15) is 5.56 Å². The molecular weight excluding hydrogens is 333 g/mol. The first-order chi connectivity index (χ1) is 10.2. The van der Waals surface area contributed by atoms with Crippen LogP contribution in [0.2, 0.25) is 0 Å². The minimum atomic E-state index is -0.203. The van der Waals surface area contributed by atoms with Crippen LogP contribution in [0.25, 0.3) is 0 Å². The van der Waals surface area contributed by atoms with Gasteiger partial charge in [0.1, 0.15) is 11.6 Å². The average Bonchev–Trinajstić information content (AvgIpc) is 2.52. The molecule has 0 amide bonds. The van der Waals surface area contributed by atoms with Gasteiger partial charge in [-0.2, -0.15) is 0 Å². The van der Waals surface area contributed by atoms with Crippen molar-refractivity contribution >= 4 is 21.7 Å². The molecule has 0 atom stereocenters. The van der Waals surface area contributed by atoms with Gasteiger partial charge in [0.25, 0.3) is 0 Å². The van der Waals surface area contributed by atoms with E-state index >= 15 is 0 Å². The number of pyridine rings is 1. The Morgan fingerprint density at radius 3 is 2.57 bits per heavy atom. The standard InChI is InChI=1S/C16H17BrFN3/c17-15-11-14(18)5-4-13(15)12-20-7-9-21(10-8-20)16-3-1-2-6-19-16/h1-6,11H,7-10,12H2. The summed E-state index contributed by atoms with van der Waals surface area (Å²) in [6.07, 6.45) is 1.83. The molecule has 1 aliphatic rings. The Bertz CT molecular complexity index is 598. The fraction of sp³-hybridized carbons (Fsp3) is 0.312. The largest absolute Gasteiger partial charge is 0.354 e. The molecule has 0 bridgehead atoms. The third kappa shape index (κ3) is 3.60. The van der Waals surface area contributed by atoms with Gasteiger partial charge in [0.15, 0.2) is 0 Å². The summed E-state index contributed by atoms with van der Waals surface area (Å²) in [5.41, 5.74) is 1.13. The highest BCUT2D eigenvalue weighted by atomic mass is 79.9. The Labute approximate surface area is 132 Å². The smallest absolute Gasteiger partial charge is 0.128 e. The first-order valence-electron chi connectivity index (χ1n) is 7.04. The highest BCUT2D eigenvalue weighted by Crippen LogP contribution is 2.21. The van der Waals surface area contributed by atoms with Crippen molar-refractivity contribution in [3.05, 3.63) is 58.4 Å². The first kappa shape index (κ1) is 14.5. The van der Waals surface area contributed by atoms with Crippen LogP contribution < -0.4 is 4.90 Å². The van der Waals surface area contributed by atoms with Crippen molar-refractivity contribution < 1.29 is 4.39 Å². The normalized spacial score (nSPS) is 16.2. The molecule has 0 spiro atoms. The van der Waals surface area contributed by atoms with Crippen molar-refractivity contribution in [1.29, 1.82) is 0 Å². The molecule has 0 N–H and O–H groups in total. The highest BCUT2D eigenvalue weighted by Gasteiger charge is 2.18. The maximum Gasteiger partial charge on any atom is 0.128 e. The Hall–Kier alpha value is -1.46. The van der Waals surface area contributed by atoms with Gasteiger partial charge in [-0.15, -0.1) is 0 Å². The van der Waals surface area contributed by atoms with Gasteiger partial charge in [0.2, 0.25) is 0 Å². The quantitative estimate of drug-likeness (QED) is 0.847. The molecule has 0 aliphatic carbocycles. The van der Waals surface area contributed by atoms with Gasteiger partial charge >= 0.3 is 0 Å². The van der Waals surface area contributed by atoms with Gasteiger partial charge in [-0.1, -0.05) is 28.1 Å². The minimum Gasteiger partial charge on any atom is -0.354 e. The van der Waals surface area contributed by atoms with E-state index in [1.54, 1.807) is 0 Å². The fourth-order valence-corrected chi connectivity index (χ4v) is 3.04. The molecular formula is C16H17BrFN3. The maximum atomic E-state index is 13.1. The van der Waals surface area contributed by atoms with E-state index in [1.807, 2.05) is 30.5 Å². The zero-order valence-electron chi connectivity index (χ0n) is 11.7. The molecule has 1 aromatic carbocycles. The fourth-order valence-electron chi connectivity index (χ4n) is 2.57. The Morgan fingerprint density at radius 2 is 1.90 bits per heavy atom. The third-order valence-corrected chi connectivity index (χ3v) is 4.49. The number of aromatic nitrogens is 1. The lowest BCUT2D eigenvalue weighted by Crippen LogP contribution is -2.46. The van der Waals surface area contributed by atoms with Crippen molar-refractivity contribution in [2.24, 2.45) is 0 Å². The molecule has 1 saturated heterocycles. The van der Waals surface area contributed by atoms with Gasteiger partial charge in [-0.05, 0) is 29.8 Å². The molecule has 5 heteroatoms. The van der Waals surface area contributed by atoms with E-state index in [0.717, 1.165) is 48.6 Å². The number of piperazine rings is 1. The Balaban J connectivity index is 1.59. The number of rotatable bonds is 3. The topological polar surface area (TPSA) is 19.4 Å². The molecule has 2 aromatic rings. The van der Waals surface area contributed by atoms with Gasteiger partial charge in [-0.3, -0.25) is 4.90 Å². The number of anilines is 1. The molecule has 0 unspecified atom stereocenters. The van der Waals surface area contributed by atoms with Gasteiger partial charge in [0, 0.05) is 43.4 Å². The van der Waals surface area contributed by atoms with Crippen molar-refractivity contribution in [3.63, 3.8) is 0 Å². The number of hydrogen-bond donors (Lipinski definition) is 0. The monoisotopic (exact) mass is 349 g/mol. The Morgan fingerprint density at radius 1 is 1.10 bits per heavy atom. The summed E-state index contributed by atoms with van der Waals surface area (Å²) >= 11 is 3.44. The molecule has 0 saturated carbocycles. The van der Waals surface area contributed by atoms with E-state index in [1.165, 1.54) is 12.1 Å². The Kier molecular flexibility index (Phi) is 4.51. The predicted octanol–water partition coefficient (Wildman–Crippen LogP) is 3.31.